The van der Waals surface area contributed by atoms with Gasteiger partial charge in [0.1, 0.15) is 18.4 Å². The van der Waals surface area contributed by atoms with Crippen molar-refractivity contribution >= 4 is 67.9 Å². The summed E-state index contributed by atoms with van der Waals surface area (Å²) >= 11 is 7.95. The van der Waals surface area contributed by atoms with E-state index in [1.807, 2.05) is 31.2 Å². The van der Waals surface area contributed by atoms with Gasteiger partial charge in [0, 0.05) is 25.8 Å². The van der Waals surface area contributed by atoms with Gasteiger partial charge in [-0.2, -0.15) is 0 Å². The molecule has 2 aromatic rings. The predicted octanol–water partition coefficient (Wildman–Crippen LogP) is 2.58. The molecular formula is C21H21N3O2S3. The summed E-state index contributed by atoms with van der Waals surface area (Å²) in [5.74, 6) is -0.139. The number of amides is 1. The number of thiazole rings is 1. The highest BCUT2D eigenvalue weighted by molar-refractivity contribution is 8.30. The molecule has 2 aliphatic rings. The van der Waals surface area contributed by atoms with Crippen LogP contribution in [0.25, 0.3) is 16.7 Å². The van der Waals surface area contributed by atoms with Gasteiger partial charge in [-0.25, -0.2) is 0 Å². The van der Waals surface area contributed by atoms with Crippen LogP contribution in [0.1, 0.15) is 25.8 Å². The lowest BCUT2D eigenvalue weighted by atomic mass is 10.1. The van der Waals surface area contributed by atoms with Crippen LogP contribution in [0.4, 0.5) is 5.69 Å². The van der Waals surface area contributed by atoms with Crippen LogP contribution in [-0.4, -0.2) is 33.3 Å². The maximum absolute atomic E-state index is 13.4. The number of carbonyl (C=O) groups is 1. The Kier molecular flexibility index (Phi) is 5.50. The molecule has 5 nitrogen and oxygen atoms in total. The third-order valence-electron chi connectivity index (χ3n) is 4.97. The van der Waals surface area contributed by atoms with Crippen LogP contribution in [0.5, 0.6) is 0 Å². The highest BCUT2D eigenvalue weighted by Crippen LogP contribution is 2.31. The summed E-state index contributed by atoms with van der Waals surface area (Å²) < 4.78 is 3.61. The fourth-order valence-electron chi connectivity index (χ4n) is 3.54. The normalized spacial score (nSPS) is 20.0. The van der Waals surface area contributed by atoms with Crippen molar-refractivity contribution in [2.24, 2.45) is 0 Å². The number of likely N-dealkylation sites (N-methyl/N-ethyl adjacent to an activating group) is 1. The molecule has 1 aromatic heterocycles. The third-order valence-corrected chi connectivity index (χ3v) is 7.85. The number of nitrogens with zero attached hydrogens (tertiary/aromatic N) is 3. The zero-order valence-electron chi connectivity index (χ0n) is 16.5. The Morgan fingerprint density at radius 1 is 1.10 bits per heavy atom. The van der Waals surface area contributed by atoms with Crippen LogP contribution in [0.3, 0.4) is 0 Å². The van der Waals surface area contributed by atoms with Crippen LogP contribution in [0, 0.1) is 0 Å². The van der Waals surface area contributed by atoms with Gasteiger partial charge in [-0.15, -0.1) is 11.3 Å². The van der Waals surface area contributed by atoms with E-state index in [9.17, 15) is 9.59 Å². The molecular weight excluding hydrogens is 422 g/mol. The zero-order valence-corrected chi connectivity index (χ0v) is 18.9. The Morgan fingerprint density at radius 3 is 2.52 bits per heavy atom. The van der Waals surface area contributed by atoms with Gasteiger partial charge in [0.2, 0.25) is 0 Å². The summed E-state index contributed by atoms with van der Waals surface area (Å²) in [5.41, 5.74) is 3.05. The number of thioether (sulfide) groups is 1. The van der Waals surface area contributed by atoms with Crippen LogP contribution < -0.4 is 19.7 Å². The molecule has 2 aliphatic heterocycles. The Labute approximate surface area is 182 Å². The number of anilines is 1. The molecule has 1 aromatic carbocycles. The zero-order chi connectivity index (χ0) is 20.7. The van der Waals surface area contributed by atoms with Crippen LogP contribution in [0.2, 0.25) is 0 Å². The van der Waals surface area contributed by atoms with Crippen molar-refractivity contribution < 1.29 is 4.79 Å². The van der Waals surface area contributed by atoms with Crippen molar-refractivity contribution in [3.05, 3.63) is 55.5 Å². The standard InChI is InChI=1S/C21H21N3O2S3/c1-4-12-24-19(26)16(28-20(24)17-18(25)22(3)21(27)29-17)15-11-10-13-8-6-7-9-14(13)23(15)5-2/h6-11H,4-5,12H2,1-3H3/b16-15+,20-17-. The monoisotopic (exact) mass is 443 g/mol. The molecule has 1 saturated heterocycles. The second kappa shape index (κ2) is 7.93. The Bertz CT molecular complexity index is 1220. The average Bonchev–Trinajstić information content (AvgIpc) is 3.18. The van der Waals surface area contributed by atoms with Crippen molar-refractivity contribution in [2.45, 2.75) is 26.8 Å². The van der Waals surface area contributed by atoms with E-state index in [1.165, 1.54) is 28.0 Å². The number of hydrogen-bond acceptors (Lipinski definition) is 6. The molecule has 0 spiro atoms. The molecule has 0 bridgehead atoms. The van der Waals surface area contributed by atoms with Gasteiger partial charge in [0.25, 0.3) is 11.5 Å². The van der Waals surface area contributed by atoms with E-state index in [0.29, 0.717) is 25.0 Å². The summed E-state index contributed by atoms with van der Waals surface area (Å²) in [6.07, 6.45) is 4.86. The molecule has 1 fully saturated rings. The maximum Gasteiger partial charge on any atom is 0.271 e. The lowest BCUT2D eigenvalue weighted by Crippen LogP contribution is -2.37. The summed E-state index contributed by atoms with van der Waals surface area (Å²) in [5, 5.41) is 0. The average molecular weight is 444 g/mol. The second-order valence-electron chi connectivity index (χ2n) is 6.78. The Hall–Kier alpha value is -2.16. The minimum atomic E-state index is -0.139. The van der Waals surface area contributed by atoms with E-state index in [1.54, 1.807) is 11.6 Å². The number of thiocarbonyl (C=S) groups is 1. The molecule has 4 rings (SSSR count). The predicted molar refractivity (Wildman–Crippen MR) is 126 cm³/mol. The fraction of sp³-hybridized carbons (Fsp3) is 0.286. The molecule has 150 valence electrons. The highest BCUT2D eigenvalue weighted by atomic mass is 32.2. The van der Waals surface area contributed by atoms with Gasteiger partial charge in [0.15, 0.2) is 0 Å². The first kappa shape index (κ1) is 20.1. The van der Waals surface area contributed by atoms with Crippen molar-refractivity contribution in [3.63, 3.8) is 0 Å². The molecule has 0 saturated carbocycles. The first-order chi connectivity index (χ1) is 14.0. The van der Waals surface area contributed by atoms with Gasteiger partial charge >= 0.3 is 0 Å². The summed E-state index contributed by atoms with van der Waals surface area (Å²) in [7, 11) is 1.68. The molecule has 0 N–H and O–H groups in total. The van der Waals surface area contributed by atoms with Crippen molar-refractivity contribution in [1.82, 2.24) is 9.47 Å². The molecule has 3 heterocycles. The van der Waals surface area contributed by atoms with E-state index >= 15 is 0 Å². The second-order valence-corrected chi connectivity index (χ2v) is 9.42. The lowest BCUT2D eigenvalue weighted by Gasteiger charge is -2.28. The van der Waals surface area contributed by atoms with Crippen molar-refractivity contribution in [2.75, 3.05) is 18.5 Å². The lowest BCUT2D eigenvalue weighted by molar-refractivity contribution is -0.119. The molecule has 1 amide bonds. The van der Waals surface area contributed by atoms with Crippen LogP contribution in [0.15, 0.2) is 35.1 Å². The van der Waals surface area contributed by atoms with Gasteiger partial charge in [0.05, 0.1) is 5.70 Å². The summed E-state index contributed by atoms with van der Waals surface area (Å²) in [6.45, 7) is 5.42. The van der Waals surface area contributed by atoms with E-state index in [2.05, 4.69) is 24.0 Å². The topological polar surface area (TPSA) is 45.6 Å². The Morgan fingerprint density at radius 2 is 1.86 bits per heavy atom. The number of aromatic nitrogens is 1. The van der Waals surface area contributed by atoms with Crippen LogP contribution in [-0.2, 0) is 11.3 Å². The van der Waals surface area contributed by atoms with Crippen LogP contribution >= 0.6 is 35.3 Å². The van der Waals surface area contributed by atoms with Gasteiger partial charge in [-0.3, -0.25) is 19.1 Å². The minimum absolute atomic E-state index is 0.0503. The first-order valence-electron chi connectivity index (χ1n) is 9.50. The summed E-state index contributed by atoms with van der Waals surface area (Å²) in [6, 6.07) is 8.16. The first-order valence-corrected chi connectivity index (χ1v) is 11.5. The molecule has 8 heteroatoms. The smallest absolute Gasteiger partial charge is 0.271 e. The highest BCUT2D eigenvalue weighted by Gasteiger charge is 2.31. The van der Waals surface area contributed by atoms with E-state index < -0.39 is 0 Å². The summed E-state index contributed by atoms with van der Waals surface area (Å²) in [4.78, 5) is 30.3. The fourth-order valence-corrected chi connectivity index (χ4v) is 6.08. The van der Waals surface area contributed by atoms with Gasteiger partial charge in [-0.1, -0.05) is 55.2 Å². The van der Waals surface area contributed by atoms with Gasteiger partial charge in [-0.05, 0) is 31.1 Å². The van der Waals surface area contributed by atoms with E-state index in [-0.39, 0.29) is 11.5 Å². The number of benzene rings is 1. The largest absolute Gasteiger partial charge is 0.340 e. The van der Waals surface area contributed by atoms with Crippen molar-refractivity contribution in [1.29, 1.82) is 0 Å². The van der Waals surface area contributed by atoms with Gasteiger partial charge < -0.3 is 4.90 Å². The third kappa shape index (κ3) is 3.29. The van der Waals surface area contributed by atoms with E-state index in [0.717, 1.165) is 29.9 Å². The molecule has 0 radical (unpaired) electrons. The molecule has 29 heavy (non-hydrogen) atoms. The minimum Gasteiger partial charge on any atom is -0.340 e. The van der Waals surface area contributed by atoms with Crippen molar-refractivity contribution in [3.8, 4) is 0 Å². The molecule has 0 atom stereocenters. The van der Waals surface area contributed by atoms with E-state index in [4.69, 9.17) is 12.2 Å². The number of hydrogen-bond donors (Lipinski definition) is 0. The number of rotatable bonds is 3. The number of carbonyl (C=O) groups excluding carboxylic acids is 1. The Balaban J connectivity index is 2.04. The SMILES string of the molecule is CCCn1c(=O)/c(=C2/C=Cc3ccccc3N2CC)s/c1=C1\SC(=S)N(C)C1=O. The quantitative estimate of drug-likeness (QED) is 0.683. The molecule has 0 aliphatic carbocycles. The molecule has 0 unspecified atom stereocenters. The number of para-hydroxylation sites is 1. The maximum atomic E-state index is 13.4. The number of fused-ring (bicyclic) bond motifs is 1.